The number of fused-ring (bicyclic) bond motifs is 1. The number of ether oxygens (including phenoxy) is 1. The highest BCUT2D eigenvalue weighted by Gasteiger charge is 2.25. The first-order valence-corrected chi connectivity index (χ1v) is 10.2. The number of primary amides is 1. The number of carbonyl (C=O) groups excluding carboxylic acids is 3. The van der Waals surface area contributed by atoms with Gasteiger partial charge in [-0.25, -0.2) is 14.5 Å². The second kappa shape index (κ2) is 8.46. The van der Waals surface area contributed by atoms with Crippen molar-refractivity contribution in [3.63, 3.8) is 0 Å². The third kappa shape index (κ3) is 4.08. The van der Waals surface area contributed by atoms with Crippen LogP contribution in [0.1, 0.15) is 44.0 Å². The number of hydrogen-bond acceptors (Lipinski definition) is 7. The van der Waals surface area contributed by atoms with E-state index in [1.54, 1.807) is 35.3 Å². The normalized spacial score (nSPS) is 12.8. The van der Waals surface area contributed by atoms with Crippen LogP contribution in [0.3, 0.4) is 0 Å². The van der Waals surface area contributed by atoms with Crippen molar-refractivity contribution in [2.24, 2.45) is 5.73 Å². The second-order valence-electron chi connectivity index (χ2n) is 6.79. The number of hydrogen-bond donors (Lipinski definition) is 2. The van der Waals surface area contributed by atoms with Gasteiger partial charge in [0.1, 0.15) is 17.7 Å². The van der Waals surface area contributed by atoms with Crippen molar-refractivity contribution in [3.05, 3.63) is 58.5 Å². The lowest BCUT2D eigenvalue weighted by atomic mass is 9.95. The van der Waals surface area contributed by atoms with Crippen LogP contribution in [0.25, 0.3) is 5.69 Å². The van der Waals surface area contributed by atoms with Crippen molar-refractivity contribution in [1.29, 1.82) is 0 Å². The number of esters is 1. The van der Waals surface area contributed by atoms with Crippen molar-refractivity contribution in [3.8, 4) is 5.69 Å². The zero-order chi connectivity index (χ0) is 21.1. The molecule has 0 spiro atoms. The highest BCUT2D eigenvalue weighted by atomic mass is 32.1. The molecule has 0 bridgehead atoms. The topological polar surface area (TPSA) is 129 Å². The zero-order valence-electron chi connectivity index (χ0n) is 16.0. The maximum atomic E-state index is 12.3. The summed E-state index contributed by atoms with van der Waals surface area (Å²) in [6.07, 6.45) is 6.64. The van der Waals surface area contributed by atoms with Crippen LogP contribution in [0.4, 0.5) is 5.00 Å². The molecule has 0 radical (unpaired) electrons. The van der Waals surface area contributed by atoms with E-state index in [1.807, 2.05) is 0 Å². The molecular formula is C20H19N5O4S. The summed E-state index contributed by atoms with van der Waals surface area (Å²) in [7, 11) is 0. The van der Waals surface area contributed by atoms with Crippen LogP contribution in [-0.2, 0) is 22.4 Å². The second-order valence-corrected chi connectivity index (χ2v) is 7.90. The van der Waals surface area contributed by atoms with Gasteiger partial charge in [-0.1, -0.05) is 0 Å². The van der Waals surface area contributed by atoms with Gasteiger partial charge in [0.25, 0.3) is 11.8 Å². The quantitative estimate of drug-likeness (QED) is 0.582. The first-order chi connectivity index (χ1) is 14.5. The first kappa shape index (κ1) is 19.8. The van der Waals surface area contributed by atoms with E-state index in [0.29, 0.717) is 16.1 Å². The van der Waals surface area contributed by atoms with Gasteiger partial charge < -0.3 is 15.8 Å². The molecule has 0 fully saturated rings. The van der Waals surface area contributed by atoms with E-state index in [1.165, 1.54) is 17.7 Å². The predicted molar refractivity (Wildman–Crippen MR) is 110 cm³/mol. The van der Waals surface area contributed by atoms with Crippen molar-refractivity contribution >= 4 is 34.1 Å². The van der Waals surface area contributed by atoms with E-state index in [0.717, 1.165) is 41.8 Å². The molecular weight excluding hydrogens is 406 g/mol. The maximum Gasteiger partial charge on any atom is 0.338 e. The monoisotopic (exact) mass is 425 g/mol. The lowest BCUT2D eigenvalue weighted by Crippen LogP contribution is -2.23. The molecule has 3 aromatic rings. The van der Waals surface area contributed by atoms with E-state index in [9.17, 15) is 14.4 Å². The minimum Gasteiger partial charge on any atom is -0.452 e. The van der Waals surface area contributed by atoms with Crippen LogP contribution < -0.4 is 11.1 Å². The van der Waals surface area contributed by atoms with Crippen LogP contribution in [-0.4, -0.2) is 39.2 Å². The van der Waals surface area contributed by atoms with Crippen LogP contribution in [0.15, 0.2) is 36.9 Å². The van der Waals surface area contributed by atoms with Gasteiger partial charge in [-0.2, -0.15) is 5.10 Å². The van der Waals surface area contributed by atoms with Crippen LogP contribution in [0.2, 0.25) is 0 Å². The lowest BCUT2D eigenvalue weighted by molar-refractivity contribution is -0.119. The molecule has 2 heterocycles. The van der Waals surface area contributed by atoms with Gasteiger partial charge in [0.05, 0.1) is 16.8 Å². The first-order valence-electron chi connectivity index (χ1n) is 9.39. The number of nitrogens with one attached hydrogen (secondary N) is 1. The summed E-state index contributed by atoms with van der Waals surface area (Å²) < 4.78 is 6.65. The molecule has 4 rings (SSSR count). The van der Waals surface area contributed by atoms with Gasteiger partial charge in [0.15, 0.2) is 6.61 Å². The van der Waals surface area contributed by atoms with Gasteiger partial charge in [-0.15, -0.1) is 11.3 Å². The summed E-state index contributed by atoms with van der Waals surface area (Å²) in [6, 6.07) is 6.55. The molecule has 10 heteroatoms. The molecule has 1 aromatic carbocycles. The van der Waals surface area contributed by atoms with E-state index < -0.39 is 24.4 Å². The Hall–Kier alpha value is -3.53. The fourth-order valence-corrected chi connectivity index (χ4v) is 4.69. The number of nitrogens with two attached hydrogens (primary N) is 1. The Labute approximate surface area is 175 Å². The number of rotatable bonds is 6. The Morgan fingerprint density at radius 2 is 1.93 bits per heavy atom. The fourth-order valence-electron chi connectivity index (χ4n) is 3.38. The van der Waals surface area contributed by atoms with E-state index >= 15 is 0 Å². The number of thiophene rings is 1. The van der Waals surface area contributed by atoms with Crippen molar-refractivity contribution in [2.45, 2.75) is 25.7 Å². The van der Waals surface area contributed by atoms with Gasteiger partial charge in [-0.05, 0) is 55.5 Å². The predicted octanol–water partition coefficient (Wildman–Crippen LogP) is 2.10. The van der Waals surface area contributed by atoms with Crippen LogP contribution >= 0.6 is 11.3 Å². The van der Waals surface area contributed by atoms with Gasteiger partial charge >= 0.3 is 5.97 Å². The third-order valence-electron chi connectivity index (χ3n) is 4.79. The summed E-state index contributed by atoms with van der Waals surface area (Å²) in [5, 5.41) is 7.10. The zero-order valence-corrected chi connectivity index (χ0v) is 16.8. The Morgan fingerprint density at radius 1 is 1.17 bits per heavy atom. The van der Waals surface area contributed by atoms with Gasteiger partial charge in [0.2, 0.25) is 0 Å². The summed E-state index contributed by atoms with van der Waals surface area (Å²) in [6.45, 7) is -0.468. The molecule has 0 aliphatic heterocycles. The summed E-state index contributed by atoms with van der Waals surface area (Å²) in [4.78, 5) is 41.3. The molecule has 0 atom stereocenters. The molecule has 0 saturated heterocycles. The lowest BCUT2D eigenvalue weighted by Gasteiger charge is -2.11. The number of aryl methyl sites for hydroxylation is 1. The molecule has 154 valence electrons. The third-order valence-corrected chi connectivity index (χ3v) is 6.00. The Bertz CT molecular complexity index is 1090. The van der Waals surface area contributed by atoms with E-state index in [2.05, 4.69) is 15.4 Å². The Morgan fingerprint density at radius 3 is 2.63 bits per heavy atom. The number of anilines is 1. The molecule has 30 heavy (non-hydrogen) atoms. The number of nitrogens with zero attached hydrogens (tertiary/aromatic N) is 3. The van der Waals surface area contributed by atoms with Crippen molar-refractivity contribution in [2.75, 3.05) is 11.9 Å². The van der Waals surface area contributed by atoms with Crippen molar-refractivity contribution < 1.29 is 19.1 Å². The molecule has 0 saturated carbocycles. The maximum absolute atomic E-state index is 12.3. The van der Waals surface area contributed by atoms with Crippen LogP contribution in [0, 0.1) is 0 Å². The fraction of sp³-hybridized carbons (Fsp3) is 0.250. The highest BCUT2D eigenvalue weighted by Crippen LogP contribution is 2.37. The minimum absolute atomic E-state index is 0.302. The average Bonchev–Trinajstić information content (AvgIpc) is 3.40. The van der Waals surface area contributed by atoms with E-state index in [4.69, 9.17) is 10.5 Å². The van der Waals surface area contributed by atoms with Crippen molar-refractivity contribution in [1.82, 2.24) is 14.8 Å². The number of aromatic nitrogens is 3. The summed E-state index contributed by atoms with van der Waals surface area (Å²) in [5.41, 5.74) is 7.87. The van der Waals surface area contributed by atoms with Gasteiger partial charge in [0, 0.05) is 4.88 Å². The molecule has 3 N–H and O–H groups in total. The number of amides is 2. The van der Waals surface area contributed by atoms with Crippen LogP contribution in [0.5, 0.6) is 0 Å². The molecule has 1 aliphatic rings. The summed E-state index contributed by atoms with van der Waals surface area (Å²) >= 11 is 1.36. The van der Waals surface area contributed by atoms with Gasteiger partial charge in [-0.3, -0.25) is 9.59 Å². The summed E-state index contributed by atoms with van der Waals surface area (Å²) in [5.74, 6) is -1.71. The SMILES string of the molecule is NC(=O)c1c(NC(=O)COC(=O)c2ccc(-n3cncn3)cc2)sc2c1CCCC2. The van der Waals surface area contributed by atoms with E-state index in [-0.39, 0.29) is 0 Å². The smallest absolute Gasteiger partial charge is 0.338 e. The number of benzene rings is 1. The molecule has 2 amide bonds. The molecule has 9 nitrogen and oxygen atoms in total. The standard InChI is InChI=1S/C20H19N5O4S/c21-18(27)17-14-3-1-2-4-15(14)30-19(17)24-16(26)9-29-20(28)12-5-7-13(8-6-12)25-11-22-10-23-25/h5-8,10-11H,1-4,9H2,(H2,21,27)(H,24,26). The minimum atomic E-state index is -0.629. The molecule has 0 unspecified atom stereocenters. The molecule has 2 aromatic heterocycles. The molecule has 1 aliphatic carbocycles. The Balaban J connectivity index is 1.38. The largest absolute Gasteiger partial charge is 0.452 e. The number of carbonyl (C=O) groups is 3. The Kier molecular flexibility index (Phi) is 5.57. The average molecular weight is 425 g/mol. The highest BCUT2D eigenvalue weighted by molar-refractivity contribution is 7.17.